The van der Waals surface area contributed by atoms with Gasteiger partial charge in [0.15, 0.2) is 0 Å². The molecule has 0 bridgehead atoms. The highest BCUT2D eigenvalue weighted by atomic mass is 32.2. The maximum Gasteiger partial charge on any atom is 0.211 e. The molecule has 2 N–H and O–H groups in total. The summed E-state index contributed by atoms with van der Waals surface area (Å²) in [6, 6.07) is 0. The average Bonchev–Trinajstić information content (AvgIpc) is 2.29. The molecule has 0 aliphatic carbocycles. The van der Waals surface area contributed by atoms with Gasteiger partial charge >= 0.3 is 0 Å². The lowest BCUT2D eigenvalue weighted by atomic mass is 10.4. The summed E-state index contributed by atoms with van der Waals surface area (Å²) in [5, 5.41) is 0. The van der Waals surface area contributed by atoms with Crippen LogP contribution in [0.5, 0.6) is 0 Å². The Morgan fingerprint density at radius 1 is 1.21 bits per heavy atom. The van der Waals surface area contributed by atoms with Crippen LogP contribution in [0, 0.1) is 0 Å². The van der Waals surface area contributed by atoms with Crippen LogP contribution in [-0.2, 0) is 10.0 Å². The summed E-state index contributed by atoms with van der Waals surface area (Å²) in [5.74, 6) is 0. The van der Waals surface area contributed by atoms with Gasteiger partial charge in [-0.1, -0.05) is 0 Å². The zero-order chi connectivity index (χ0) is 10.6. The van der Waals surface area contributed by atoms with Crippen LogP contribution in [0.2, 0.25) is 0 Å². The van der Waals surface area contributed by atoms with E-state index in [2.05, 4.69) is 4.90 Å². The zero-order valence-corrected chi connectivity index (χ0v) is 9.46. The van der Waals surface area contributed by atoms with Crippen molar-refractivity contribution in [2.75, 3.05) is 45.5 Å². The van der Waals surface area contributed by atoms with Crippen LogP contribution in [0.1, 0.15) is 6.42 Å². The second kappa shape index (κ2) is 5.06. The highest BCUT2D eigenvalue weighted by Crippen LogP contribution is 2.05. The Morgan fingerprint density at radius 3 is 2.50 bits per heavy atom. The highest BCUT2D eigenvalue weighted by Gasteiger charge is 2.20. The lowest BCUT2D eigenvalue weighted by Gasteiger charge is -2.19. The van der Waals surface area contributed by atoms with Crippen molar-refractivity contribution in [2.24, 2.45) is 5.73 Å². The standard InChI is InChI=1S/C8H19N3O2S/c1-14(12,13)11-5-2-4-10(6-3-9)7-8-11/h2-9H2,1H3. The Labute approximate surface area is 85.9 Å². The molecular weight excluding hydrogens is 202 g/mol. The van der Waals surface area contributed by atoms with Gasteiger partial charge in [0, 0.05) is 32.7 Å². The molecule has 0 saturated carbocycles. The molecule has 6 heteroatoms. The minimum atomic E-state index is -3.01. The minimum Gasteiger partial charge on any atom is -0.329 e. The van der Waals surface area contributed by atoms with Gasteiger partial charge in [-0.2, -0.15) is 0 Å². The van der Waals surface area contributed by atoms with Crippen LogP contribution in [-0.4, -0.2) is 63.1 Å². The Hall–Kier alpha value is -0.170. The first-order chi connectivity index (χ1) is 6.54. The number of sulfonamides is 1. The summed E-state index contributed by atoms with van der Waals surface area (Å²) in [5.41, 5.74) is 5.46. The molecule has 1 heterocycles. The van der Waals surface area contributed by atoms with E-state index >= 15 is 0 Å². The molecule has 0 atom stereocenters. The molecule has 1 fully saturated rings. The number of nitrogens with two attached hydrogens (primary N) is 1. The minimum absolute atomic E-state index is 0.596. The van der Waals surface area contributed by atoms with Crippen molar-refractivity contribution < 1.29 is 8.42 Å². The van der Waals surface area contributed by atoms with Crippen molar-refractivity contribution in [1.29, 1.82) is 0 Å². The predicted octanol–water partition coefficient (Wildman–Crippen LogP) is -1.09. The van der Waals surface area contributed by atoms with Crippen LogP contribution >= 0.6 is 0 Å². The third-order valence-electron chi connectivity index (χ3n) is 2.46. The van der Waals surface area contributed by atoms with E-state index in [1.807, 2.05) is 0 Å². The third-order valence-corrected chi connectivity index (χ3v) is 3.77. The summed E-state index contributed by atoms with van der Waals surface area (Å²) in [4.78, 5) is 2.21. The smallest absolute Gasteiger partial charge is 0.211 e. The van der Waals surface area contributed by atoms with E-state index in [9.17, 15) is 8.42 Å². The predicted molar refractivity (Wildman–Crippen MR) is 56.5 cm³/mol. The van der Waals surface area contributed by atoms with Gasteiger partial charge in [-0.15, -0.1) is 0 Å². The molecule has 1 rings (SSSR count). The molecule has 0 aromatic heterocycles. The molecule has 0 unspecified atom stereocenters. The van der Waals surface area contributed by atoms with Crippen LogP contribution in [0.15, 0.2) is 0 Å². The molecule has 1 saturated heterocycles. The van der Waals surface area contributed by atoms with Gasteiger partial charge in [-0.3, -0.25) is 0 Å². The summed E-state index contributed by atoms with van der Waals surface area (Å²) in [6.07, 6.45) is 2.17. The van der Waals surface area contributed by atoms with Crippen molar-refractivity contribution in [3.05, 3.63) is 0 Å². The molecule has 0 radical (unpaired) electrons. The highest BCUT2D eigenvalue weighted by molar-refractivity contribution is 7.88. The van der Waals surface area contributed by atoms with Crippen LogP contribution < -0.4 is 5.73 Å². The second-order valence-electron chi connectivity index (χ2n) is 3.65. The topological polar surface area (TPSA) is 66.6 Å². The third kappa shape index (κ3) is 3.53. The second-order valence-corrected chi connectivity index (χ2v) is 5.63. The Bertz CT molecular complexity index is 266. The zero-order valence-electron chi connectivity index (χ0n) is 8.65. The molecule has 84 valence electrons. The number of rotatable bonds is 3. The van der Waals surface area contributed by atoms with E-state index in [1.165, 1.54) is 6.26 Å². The maximum atomic E-state index is 11.3. The van der Waals surface area contributed by atoms with E-state index in [0.717, 1.165) is 26.1 Å². The lowest BCUT2D eigenvalue weighted by molar-refractivity contribution is 0.294. The lowest BCUT2D eigenvalue weighted by Crippen LogP contribution is -2.36. The molecule has 5 nitrogen and oxygen atoms in total. The van der Waals surface area contributed by atoms with Crippen molar-refractivity contribution >= 4 is 10.0 Å². The van der Waals surface area contributed by atoms with E-state index in [1.54, 1.807) is 4.31 Å². The van der Waals surface area contributed by atoms with Crippen molar-refractivity contribution in [2.45, 2.75) is 6.42 Å². The van der Waals surface area contributed by atoms with Gasteiger partial charge in [0.25, 0.3) is 0 Å². The van der Waals surface area contributed by atoms with E-state index in [0.29, 0.717) is 19.6 Å². The molecule has 1 aliphatic heterocycles. The maximum absolute atomic E-state index is 11.3. The quantitative estimate of drug-likeness (QED) is 0.658. The molecule has 0 aromatic rings. The Balaban J connectivity index is 2.49. The largest absolute Gasteiger partial charge is 0.329 e. The fourth-order valence-corrected chi connectivity index (χ4v) is 2.56. The fourth-order valence-electron chi connectivity index (χ4n) is 1.69. The van der Waals surface area contributed by atoms with Gasteiger partial charge < -0.3 is 10.6 Å². The molecule has 0 amide bonds. The number of nitrogens with zero attached hydrogens (tertiary/aromatic N) is 2. The van der Waals surface area contributed by atoms with E-state index in [-0.39, 0.29) is 0 Å². The van der Waals surface area contributed by atoms with Crippen molar-refractivity contribution in [3.63, 3.8) is 0 Å². The number of hydrogen-bond acceptors (Lipinski definition) is 4. The van der Waals surface area contributed by atoms with Crippen LogP contribution in [0.25, 0.3) is 0 Å². The first kappa shape index (κ1) is 11.9. The Kier molecular flexibility index (Phi) is 4.31. The average molecular weight is 221 g/mol. The van der Waals surface area contributed by atoms with Gasteiger partial charge in [0.2, 0.25) is 10.0 Å². The SMILES string of the molecule is CS(=O)(=O)N1CCCN(CCN)CC1. The summed E-state index contributed by atoms with van der Waals surface area (Å²) in [6.45, 7) is 4.47. The summed E-state index contributed by atoms with van der Waals surface area (Å²) < 4.78 is 24.1. The molecule has 0 aromatic carbocycles. The number of hydrogen-bond donors (Lipinski definition) is 1. The van der Waals surface area contributed by atoms with Gasteiger partial charge in [-0.25, -0.2) is 12.7 Å². The van der Waals surface area contributed by atoms with Crippen molar-refractivity contribution in [1.82, 2.24) is 9.21 Å². The Morgan fingerprint density at radius 2 is 1.93 bits per heavy atom. The van der Waals surface area contributed by atoms with Gasteiger partial charge in [-0.05, 0) is 13.0 Å². The fraction of sp³-hybridized carbons (Fsp3) is 1.00. The van der Waals surface area contributed by atoms with Crippen LogP contribution in [0.3, 0.4) is 0 Å². The normalized spacial score (nSPS) is 22.1. The van der Waals surface area contributed by atoms with E-state index < -0.39 is 10.0 Å². The first-order valence-electron chi connectivity index (χ1n) is 4.91. The monoisotopic (exact) mass is 221 g/mol. The molecular formula is C8H19N3O2S. The summed E-state index contributed by atoms with van der Waals surface area (Å²) >= 11 is 0. The summed E-state index contributed by atoms with van der Waals surface area (Å²) in [7, 11) is -3.01. The first-order valence-corrected chi connectivity index (χ1v) is 6.76. The van der Waals surface area contributed by atoms with Crippen molar-refractivity contribution in [3.8, 4) is 0 Å². The van der Waals surface area contributed by atoms with Crippen LogP contribution in [0.4, 0.5) is 0 Å². The van der Waals surface area contributed by atoms with Gasteiger partial charge in [0.05, 0.1) is 6.26 Å². The van der Waals surface area contributed by atoms with Gasteiger partial charge in [0.1, 0.15) is 0 Å². The molecule has 1 aliphatic rings. The van der Waals surface area contributed by atoms with E-state index in [4.69, 9.17) is 5.73 Å². The molecule has 0 spiro atoms. The molecule has 14 heavy (non-hydrogen) atoms.